The lowest BCUT2D eigenvalue weighted by atomic mass is 9.64. The number of aliphatic hydroxyl groups is 1. The standard InChI is InChI=1S/C13H18O/c1-10-4-5-11(2)12(8-10)13(9-14)6-3-7-13/h4-5,8,14H,3,6-7,9H2,1-2H3. The number of aliphatic hydroxyl groups excluding tert-OH is 1. The van der Waals surface area contributed by atoms with Crippen LogP contribution in [0.15, 0.2) is 18.2 Å². The Kier molecular flexibility index (Phi) is 2.36. The molecule has 0 aliphatic heterocycles. The van der Waals surface area contributed by atoms with E-state index in [0.29, 0.717) is 6.61 Å². The topological polar surface area (TPSA) is 20.2 Å². The molecule has 1 fully saturated rings. The Morgan fingerprint density at radius 3 is 2.50 bits per heavy atom. The van der Waals surface area contributed by atoms with E-state index in [9.17, 15) is 5.11 Å². The second-order valence-electron chi connectivity index (χ2n) is 4.61. The fraction of sp³-hybridized carbons (Fsp3) is 0.538. The zero-order valence-corrected chi connectivity index (χ0v) is 9.01. The summed E-state index contributed by atoms with van der Waals surface area (Å²) >= 11 is 0. The molecule has 0 spiro atoms. The number of hydrogen-bond donors (Lipinski definition) is 1. The smallest absolute Gasteiger partial charge is 0.0528 e. The molecule has 1 aromatic carbocycles. The van der Waals surface area contributed by atoms with Crippen molar-refractivity contribution in [2.45, 2.75) is 38.5 Å². The van der Waals surface area contributed by atoms with E-state index in [4.69, 9.17) is 0 Å². The molecule has 1 heteroatoms. The quantitative estimate of drug-likeness (QED) is 0.760. The van der Waals surface area contributed by atoms with Gasteiger partial charge in [0.15, 0.2) is 0 Å². The first-order chi connectivity index (χ1) is 6.68. The summed E-state index contributed by atoms with van der Waals surface area (Å²) in [5, 5.41) is 9.51. The van der Waals surface area contributed by atoms with Crippen molar-refractivity contribution in [1.82, 2.24) is 0 Å². The fourth-order valence-electron chi connectivity index (χ4n) is 2.42. The van der Waals surface area contributed by atoms with Crippen molar-refractivity contribution < 1.29 is 5.11 Å². The molecule has 1 saturated carbocycles. The normalized spacial score (nSPS) is 19.1. The first-order valence-electron chi connectivity index (χ1n) is 5.36. The Bertz CT molecular complexity index is 332. The van der Waals surface area contributed by atoms with E-state index in [1.807, 2.05) is 0 Å². The summed E-state index contributed by atoms with van der Waals surface area (Å²) in [6.45, 7) is 4.56. The van der Waals surface area contributed by atoms with Crippen molar-refractivity contribution in [1.29, 1.82) is 0 Å². The van der Waals surface area contributed by atoms with Gasteiger partial charge in [-0.15, -0.1) is 0 Å². The zero-order chi connectivity index (χ0) is 10.2. The molecule has 0 aromatic heterocycles. The van der Waals surface area contributed by atoms with Crippen LogP contribution in [-0.2, 0) is 5.41 Å². The summed E-state index contributed by atoms with van der Waals surface area (Å²) in [6.07, 6.45) is 3.55. The van der Waals surface area contributed by atoms with Gasteiger partial charge >= 0.3 is 0 Å². The van der Waals surface area contributed by atoms with Crippen molar-refractivity contribution in [3.63, 3.8) is 0 Å². The predicted molar refractivity (Wildman–Crippen MR) is 58.5 cm³/mol. The van der Waals surface area contributed by atoms with Gasteiger partial charge in [0.25, 0.3) is 0 Å². The van der Waals surface area contributed by atoms with Gasteiger partial charge in [0.05, 0.1) is 6.61 Å². The van der Waals surface area contributed by atoms with Gasteiger partial charge < -0.3 is 5.11 Å². The summed E-state index contributed by atoms with van der Waals surface area (Å²) in [4.78, 5) is 0. The van der Waals surface area contributed by atoms with E-state index in [0.717, 1.165) is 12.8 Å². The zero-order valence-electron chi connectivity index (χ0n) is 9.01. The summed E-state index contributed by atoms with van der Waals surface area (Å²) in [7, 11) is 0. The molecule has 2 rings (SSSR count). The van der Waals surface area contributed by atoms with Crippen LogP contribution in [0.25, 0.3) is 0 Å². The van der Waals surface area contributed by atoms with Gasteiger partial charge in [-0.05, 0) is 37.8 Å². The Labute approximate surface area is 85.8 Å². The number of benzene rings is 1. The molecule has 0 atom stereocenters. The van der Waals surface area contributed by atoms with Gasteiger partial charge in [-0.2, -0.15) is 0 Å². The van der Waals surface area contributed by atoms with Crippen molar-refractivity contribution in [2.75, 3.05) is 6.61 Å². The highest BCUT2D eigenvalue weighted by Crippen LogP contribution is 2.44. The maximum absolute atomic E-state index is 9.51. The van der Waals surface area contributed by atoms with Gasteiger partial charge in [0.1, 0.15) is 0 Å². The Morgan fingerprint density at radius 1 is 1.29 bits per heavy atom. The van der Waals surface area contributed by atoms with Crippen LogP contribution in [0.3, 0.4) is 0 Å². The van der Waals surface area contributed by atoms with Crippen LogP contribution in [0.4, 0.5) is 0 Å². The third-order valence-electron chi connectivity index (χ3n) is 3.58. The van der Waals surface area contributed by atoms with Crippen LogP contribution in [0.1, 0.15) is 36.0 Å². The van der Waals surface area contributed by atoms with Crippen molar-refractivity contribution in [3.8, 4) is 0 Å². The lowest BCUT2D eigenvalue weighted by molar-refractivity contribution is 0.119. The Morgan fingerprint density at radius 2 is 2.00 bits per heavy atom. The highest BCUT2D eigenvalue weighted by molar-refractivity contribution is 5.38. The van der Waals surface area contributed by atoms with E-state index in [1.54, 1.807) is 0 Å². The Balaban J connectivity index is 2.43. The van der Waals surface area contributed by atoms with Crippen LogP contribution in [0, 0.1) is 13.8 Å². The average Bonchev–Trinajstić information content (AvgIpc) is 2.10. The second-order valence-corrected chi connectivity index (χ2v) is 4.61. The molecule has 0 amide bonds. The molecule has 0 radical (unpaired) electrons. The van der Waals surface area contributed by atoms with Crippen LogP contribution < -0.4 is 0 Å². The minimum absolute atomic E-state index is 0.0934. The van der Waals surface area contributed by atoms with Gasteiger partial charge in [0.2, 0.25) is 0 Å². The van der Waals surface area contributed by atoms with E-state index < -0.39 is 0 Å². The molecule has 1 aliphatic carbocycles. The highest BCUT2D eigenvalue weighted by Gasteiger charge is 2.38. The average molecular weight is 190 g/mol. The number of hydrogen-bond acceptors (Lipinski definition) is 1. The minimum Gasteiger partial charge on any atom is -0.395 e. The van der Waals surface area contributed by atoms with Gasteiger partial charge in [-0.25, -0.2) is 0 Å². The maximum Gasteiger partial charge on any atom is 0.0528 e. The first-order valence-corrected chi connectivity index (χ1v) is 5.36. The van der Waals surface area contributed by atoms with Gasteiger partial charge in [0, 0.05) is 5.41 Å². The lowest BCUT2D eigenvalue weighted by Crippen LogP contribution is -2.38. The molecule has 1 nitrogen and oxygen atoms in total. The lowest BCUT2D eigenvalue weighted by Gasteiger charge is -2.42. The summed E-state index contributed by atoms with van der Waals surface area (Å²) < 4.78 is 0. The maximum atomic E-state index is 9.51. The molecule has 76 valence electrons. The summed E-state index contributed by atoms with van der Waals surface area (Å²) in [5.74, 6) is 0. The van der Waals surface area contributed by atoms with Crippen molar-refractivity contribution in [3.05, 3.63) is 34.9 Å². The van der Waals surface area contributed by atoms with E-state index in [2.05, 4.69) is 32.0 Å². The molecule has 1 aliphatic rings. The van der Waals surface area contributed by atoms with Crippen LogP contribution in [-0.4, -0.2) is 11.7 Å². The third kappa shape index (κ3) is 1.36. The van der Waals surface area contributed by atoms with Crippen LogP contribution >= 0.6 is 0 Å². The monoisotopic (exact) mass is 190 g/mol. The van der Waals surface area contributed by atoms with E-state index >= 15 is 0 Å². The second kappa shape index (κ2) is 3.39. The molecule has 1 aromatic rings. The van der Waals surface area contributed by atoms with Crippen molar-refractivity contribution in [2.24, 2.45) is 0 Å². The van der Waals surface area contributed by atoms with Crippen LogP contribution in [0.5, 0.6) is 0 Å². The molecule has 0 saturated heterocycles. The first kappa shape index (κ1) is 9.72. The van der Waals surface area contributed by atoms with Crippen molar-refractivity contribution >= 4 is 0 Å². The third-order valence-corrected chi connectivity index (χ3v) is 3.58. The molecule has 0 heterocycles. The van der Waals surface area contributed by atoms with Gasteiger partial charge in [-0.3, -0.25) is 0 Å². The number of rotatable bonds is 2. The summed E-state index contributed by atoms with van der Waals surface area (Å²) in [5.41, 5.74) is 4.08. The molecular formula is C13H18O. The Hall–Kier alpha value is -0.820. The minimum atomic E-state index is 0.0934. The van der Waals surface area contributed by atoms with E-state index in [1.165, 1.54) is 23.1 Å². The molecule has 14 heavy (non-hydrogen) atoms. The SMILES string of the molecule is Cc1ccc(C)c(C2(CO)CCC2)c1. The summed E-state index contributed by atoms with van der Waals surface area (Å²) in [6, 6.07) is 6.55. The van der Waals surface area contributed by atoms with Gasteiger partial charge in [-0.1, -0.05) is 30.2 Å². The largest absolute Gasteiger partial charge is 0.395 e. The predicted octanol–water partition coefficient (Wildman–Crippen LogP) is 2.72. The van der Waals surface area contributed by atoms with Crippen LogP contribution in [0.2, 0.25) is 0 Å². The molecule has 0 unspecified atom stereocenters. The molecular weight excluding hydrogens is 172 g/mol. The number of aryl methyl sites for hydroxylation is 2. The fourth-order valence-corrected chi connectivity index (χ4v) is 2.42. The molecule has 0 bridgehead atoms. The van der Waals surface area contributed by atoms with E-state index in [-0.39, 0.29) is 5.41 Å². The molecule has 1 N–H and O–H groups in total. The highest BCUT2D eigenvalue weighted by atomic mass is 16.3.